The summed E-state index contributed by atoms with van der Waals surface area (Å²) in [5.41, 5.74) is 0.795. The van der Waals surface area contributed by atoms with E-state index in [1.165, 1.54) is 12.8 Å². The molecule has 0 spiro atoms. The molecule has 112 valence electrons. The molecule has 0 bridgehead atoms. The molecule has 1 aromatic carbocycles. The molecule has 2 unspecified atom stereocenters. The highest BCUT2D eigenvalue weighted by Crippen LogP contribution is 2.20. The molecule has 0 saturated carbocycles. The van der Waals surface area contributed by atoms with Gasteiger partial charge in [0.2, 0.25) is 0 Å². The van der Waals surface area contributed by atoms with Gasteiger partial charge in [0.15, 0.2) is 0 Å². The normalized spacial score (nSPS) is 24.0. The Hall–Kier alpha value is -0.450. The third-order valence-electron chi connectivity index (χ3n) is 4.11. The van der Waals surface area contributed by atoms with E-state index >= 15 is 0 Å². The van der Waals surface area contributed by atoms with Gasteiger partial charge < -0.3 is 5.32 Å². The predicted octanol–water partition coefficient (Wildman–Crippen LogP) is 3.94. The van der Waals surface area contributed by atoms with Crippen molar-refractivity contribution in [3.05, 3.63) is 34.1 Å². The van der Waals surface area contributed by atoms with Crippen molar-refractivity contribution >= 4 is 15.9 Å². The van der Waals surface area contributed by atoms with E-state index in [0.29, 0.717) is 18.6 Å². The van der Waals surface area contributed by atoms with Gasteiger partial charge in [0.05, 0.1) is 0 Å². The van der Waals surface area contributed by atoms with Crippen LogP contribution in [0.5, 0.6) is 0 Å². The van der Waals surface area contributed by atoms with Crippen LogP contribution in [0.4, 0.5) is 4.39 Å². The number of rotatable bonds is 5. The summed E-state index contributed by atoms with van der Waals surface area (Å²) < 4.78 is 14.8. The van der Waals surface area contributed by atoms with Crippen LogP contribution in [-0.2, 0) is 6.54 Å². The Balaban J connectivity index is 2.07. The van der Waals surface area contributed by atoms with E-state index in [1.54, 1.807) is 6.07 Å². The highest BCUT2D eigenvalue weighted by atomic mass is 79.9. The van der Waals surface area contributed by atoms with Crippen LogP contribution in [0, 0.1) is 5.82 Å². The van der Waals surface area contributed by atoms with Crippen molar-refractivity contribution in [1.29, 1.82) is 0 Å². The van der Waals surface area contributed by atoms with Gasteiger partial charge in [0.1, 0.15) is 5.82 Å². The number of benzene rings is 1. The van der Waals surface area contributed by atoms with Gasteiger partial charge in [-0.3, -0.25) is 4.90 Å². The molecular formula is C16H24BrFN2. The smallest absolute Gasteiger partial charge is 0.128 e. The molecule has 20 heavy (non-hydrogen) atoms. The van der Waals surface area contributed by atoms with Crippen molar-refractivity contribution in [3.63, 3.8) is 0 Å². The Kier molecular flexibility index (Phi) is 6.00. The van der Waals surface area contributed by atoms with Crippen molar-refractivity contribution in [3.8, 4) is 0 Å². The highest BCUT2D eigenvalue weighted by Gasteiger charge is 2.26. The minimum atomic E-state index is -0.111. The molecule has 1 saturated heterocycles. The highest BCUT2D eigenvalue weighted by molar-refractivity contribution is 9.10. The van der Waals surface area contributed by atoms with Gasteiger partial charge in [0.25, 0.3) is 0 Å². The van der Waals surface area contributed by atoms with Crippen LogP contribution in [0.3, 0.4) is 0 Å². The first-order valence-electron chi connectivity index (χ1n) is 7.55. The summed E-state index contributed by atoms with van der Waals surface area (Å²) in [5, 5.41) is 3.62. The number of piperazine rings is 1. The van der Waals surface area contributed by atoms with Gasteiger partial charge >= 0.3 is 0 Å². The van der Waals surface area contributed by atoms with Crippen LogP contribution in [0.15, 0.2) is 22.7 Å². The van der Waals surface area contributed by atoms with Gasteiger partial charge in [-0.2, -0.15) is 0 Å². The molecule has 0 amide bonds. The fraction of sp³-hybridized carbons (Fsp3) is 0.625. The molecule has 1 fully saturated rings. The van der Waals surface area contributed by atoms with Crippen molar-refractivity contribution in [2.75, 3.05) is 13.1 Å². The molecule has 2 nitrogen and oxygen atoms in total. The SMILES string of the molecule is CCCC1CN(Cc2ccc(Br)cc2F)C(CC)CN1. The monoisotopic (exact) mass is 342 g/mol. The molecule has 1 aliphatic rings. The number of nitrogens with one attached hydrogen (secondary N) is 1. The average Bonchev–Trinajstić information content (AvgIpc) is 2.43. The van der Waals surface area contributed by atoms with Gasteiger partial charge in [-0.05, 0) is 25.0 Å². The van der Waals surface area contributed by atoms with Crippen molar-refractivity contribution < 1.29 is 4.39 Å². The van der Waals surface area contributed by atoms with Crippen LogP contribution >= 0.6 is 15.9 Å². The van der Waals surface area contributed by atoms with E-state index in [-0.39, 0.29) is 5.82 Å². The van der Waals surface area contributed by atoms with Crippen LogP contribution < -0.4 is 5.32 Å². The molecule has 4 heteroatoms. The maximum absolute atomic E-state index is 14.0. The van der Waals surface area contributed by atoms with Crippen LogP contribution in [0.2, 0.25) is 0 Å². The Morgan fingerprint density at radius 3 is 2.85 bits per heavy atom. The van der Waals surface area contributed by atoms with Gasteiger partial charge in [-0.1, -0.05) is 42.3 Å². The lowest BCUT2D eigenvalue weighted by atomic mass is 10.0. The summed E-state index contributed by atoms with van der Waals surface area (Å²) in [7, 11) is 0. The molecule has 0 aromatic heterocycles. The molecule has 1 N–H and O–H groups in total. The lowest BCUT2D eigenvalue weighted by Crippen LogP contribution is -2.55. The van der Waals surface area contributed by atoms with E-state index < -0.39 is 0 Å². The maximum atomic E-state index is 14.0. The topological polar surface area (TPSA) is 15.3 Å². The van der Waals surface area contributed by atoms with E-state index in [1.807, 2.05) is 12.1 Å². The molecule has 2 atom stereocenters. The minimum Gasteiger partial charge on any atom is -0.311 e. The average molecular weight is 343 g/mol. The van der Waals surface area contributed by atoms with Gasteiger partial charge in [0, 0.05) is 41.8 Å². The van der Waals surface area contributed by atoms with Gasteiger partial charge in [-0.25, -0.2) is 4.39 Å². The third kappa shape index (κ3) is 4.03. The molecule has 1 heterocycles. The van der Waals surface area contributed by atoms with Gasteiger partial charge in [-0.15, -0.1) is 0 Å². The molecular weight excluding hydrogens is 319 g/mol. The zero-order chi connectivity index (χ0) is 14.5. The molecule has 0 radical (unpaired) electrons. The summed E-state index contributed by atoms with van der Waals surface area (Å²) in [6, 6.07) is 6.42. The number of halogens is 2. The summed E-state index contributed by atoms with van der Waals surface area (Å²) in [6.07, 6.45) is 3.48. The fourth-order valence-electron chi connectivity index (χ4n) is 2.94. The van der Waals surface area contributed by atoms with E-state index in [9.17, 15) is 4.39 Å². The number of nitrogens with zero attached hydrogens (tertiary/aromatic N) is 1. The van der Waals surface area contributed by atoms with Crippen molar-refractivity contribution in [2.24, 2.45) is 0 Å². The second kappa shape index (κ2) is 7.53. The summed E-state index contributed by atoms with van der Waals surface area (Å²) in [4.78, 5) is 2.43. The lowest BCUT2D eigenvalue weighted by Gasteiger charge is -2.40. The van der Waals surface area contributed by atoms with E-state index in [0.717, 1.165) is 29.5 Å². The molecule has 1 aliphatic heterocycles. The first-order valence-corrected chi connectivity index (χ1v) is 8.34. The Morgan fingerprint density at radius 1 is 1.40 bits per heavy atom. The second-order valence-corrected chi connectivity index (χ2v) is 6.54. The molecule has 0 aliphatic carbocycles. The largest absolute Gasteiger partial charge is 0.311 e. The van der Waals surface area contributed by atoms with Crippen LogP contribution in [0.1, 0.15) is 38.7 Å². The molecule has 1 aromatic rings. The number of hydrogen-bond donors (Lipinski definition) is 1. The predicted molar refractivity (Wildman–Crippen MR) is 85.3 cm³/mol. The number of hydrogen-bond acceptors (Lipinski definition) is 2. The van der Waals surface area contributed by atoms with Crippen molar-refractivity contribution in [1.82, 2.24) is 10.2 Å². The Morgan fingerprint density at radius 2 is 2.20 bits per heavy atom. The summed E-state index contributed by atoms with van der Waals surface area (Å²) >= 11 is 3.31. The fourth-order valence-corrected chi connectivity index (χ4v) is 3.27. The van der Waals surface area contributed by atoms with E-state index in [4.69, 9.17) is 0 Å². The van der Waals surface area contributed by atoms with Crippen LogP contribution in [0.25, 0.3) is 0 Å². The first kappa shape index (κ1) is 15.9. The second-order valence-electron chi connectivity index (χ2n) is 5.62. The van der Waals surface area contributed by atoms with E-state index in [2.05, 4.69) is 40.0 Å². The zero-order valence-corrected chi connectivity index (χ0v) is 13.9. The lowest BCUT2D eigenvalue weighted by molar-refractivity contribution is 0.114. The quantitative estimate of drug-likeness (QED) is 0.871. The molecule has 2 rings (SSSR count). The third-order valence-corrected chi connectivity index (χ3v) is 4.60. The van der Waals surface area contributed by atoms with Crippen molar-refractivity contribution in [2.45, 2.75) is 51.7 Å². The maximum Gasteiger partial charge on any atom is 0.128 e. The standard InChI is InChI=1S/C16H24BrFN2/c1-3-5-14-11-20(15(4-2)9-19-14)10-12-6-7-13(17)8-16(12)18/h6-8,14-15,19H,3-5,9-11H2,1-2H3. The summed E-state index contributed by atoms with van der Waals surface area (Å²) in [6.45, 7) is 7.16. The summed E-state index contributed by atoms with van der Waals surface area (Å²) in [5.74, 6) is -0.111. The zero-order valence-electron chi connectivity index (χ0n) is 12.3. The van der Waals surface area contributed by atoms with Crippen LogP contribution in [-0.4, -0.2) is 30.1 Å². The Labute approximate surface area is 129 Å². The Bertz CT molecular complexity index is 438. The first-order chi connectivity index (χ1) is 9.63. The minimum absolute atomic E-state index is 0.111.